The van der Waals surface area contributed by atoms with Gasteiger partial charge < -0.3 is 10.5 Å². The van der Waals surface area contributed by atoms with Gasteiger partial charge in [-0.25, -0.2) is 4.79 Å². The van der Waals surface area contributed by atoms with E-state index in [1.165, 1.54) is 12.0 Å². The fourth-order valence-corrected chi connectivity index (χ4v) is 2.30. The molecule has 0 fully saturated rings. The van der Waals surface area contributed by atoms with E-state index in [9.17, 15) is 4.79 Å². The van der Waals surface area contributed by atoms with Gasteiger partial charge in [0, 0.05) is 21.9 Å². The zero-order chi connectivity index (χ0) is 12.8. The lowest BCUT2D eigenvalue weighted by atomic mass is 10.2. The van der Waals surface area contributed by atoms with Gasteiger partial charge in [0.25, 0.3) is 0 Å². The molecule has 1 aromatic carbocycles. The molecule has 0 amide bonds. The number of thioether (sulfide) groups is 1. The Morgan fingerprint density at radius 1 is 1.53 bits per heavy atom. The van der Waals surface area contributed by atoms with Gasteiger partial charge >= 0.3 is 5.97 Å². The van der Waals surface area contributed by atoms with E-state index >= 15 is 0 Å². The maximum Gasteiger partial charge on any atom is 0.333 e. The third kappa shape index (κ3) is 4.15. The lowest BCUT2D eigenvalue weighted by Crippen LogP contribution is -2.01. The molecule has 0 unspecified atom stereocenters. The van der Waals surface area contributed by atoms with Crippen molar-refractivity contribution in [1.29, 1.82) is 0 Å². The molecule has 3 nitrogen and oxygen atoms in total. The molecular weight excluding hydrogens is 234 g/mol. The Kier molecular flexibility index (Phi) is 5.10. The number of nitrogen functional groups attached to an aromatic ring is 1. The highest BCUT2D eigenvalue weighted by Gasteiger charge is 2.03. The fraction of sp³-hybridized carbons (Fsp3) is 0.308. The average Bonchev–Trinajstić information content (AvgIpc) is 2.30. The van der Waals surface area contributed by atoms with Crippen molar-refractivity contribution in [2.24, 2.45) is 0 Å². The number of rotatable bonds is 4. The molecule has 0 aliphatic rings. The van der Waals surface area contributed by atoms with Gasteiger partial charge in [0.1, 0.15) is 0 Å². The second-order valence-electron chi connectivity index (χ2n) is 3.71. The van der Waals surface area contributed by atoms with Gasteiger partial charge in [0.2, 0.25) is 0 Å². The number of aryl methyl sites for hydroxylation is 1. The summed E-state index contributed by atoms with van der Waals surface area (Å²) in [5.41, 5.74) is 8.24. The number of ether oxygens (including phenoxy) is 1. The maximum atomic E-state index is 11.1. The van der Waals surface area contributed by atoms with Crippen molar-refractivity contribution in [2.75, 3.05) is 18.6 Å². The van der Waals surface area contributed by atoms with Crippen LogP contribution in [0.1, 0.15) is 12.5 Å². The molecule has 0 bridgehead atoms. The molecule has 0 aliphatic heterocycles. The minimum atomic E-state index is -0.278. The Balaban J connectivity index is 2.59. The van der Waals surface area contributed by atoms with Crippen LogP contribution in [0.15, 0.2) is 34.7 Å². The first-order chi connectivity index (χ1) is 8.04. The highest BCUT2D eigenvalue weighted by Crippen LogP contribution is 2.24. The molecular formula is C13H17NO2S. The van der Waals surface area contributed by atoms with Crippen LogP contribution < -0.4 is 5.73 Å². The van der Waals surface area contributed by atoms with E-state index in [0.29, 0.717) is 5.57 Å². The molecule has 17 heavy (non-hydrogen) atoms. The van der Waals surface area contributed by atoms with Crippen molar-refractivity contribution >= 4 is 23.4 Å². The largest absolute Gasteiger partial charge is 0.466 e. The summed E-state index contributed by atoms with van der Waals surface area (Å²) in [4.78, 5) is 12.3. The van der Waals surface area contributed by atoms with Gasteiger partial charge in [-0.3, -0.25) is 0 Å². The van der Waals surface area contributed by atoms with Crippen LogP contribution in [0.3, 0.4) is 0 Å². The third-order valence-electron chi connectivity index (χ3n) is 2.33. The van der Waals surface area contributed by atoms with Crippen molar-refractivity contribution in [3.63, 3.8) is 0 Å². The van der Waals surface area contributed by atoms with Crippen molar-refractivity contribution in [1.82, 2.24) is 0 Å². The van der Waals surface area contributed by atoms with Gasteiger partial charge in [0.15, 0.2) is 0 Å². The first-order valence-electron chi connectivity index (χ1n) is 5.28. The molecule has 0 spiro atoms. The predicted octanol–water partition coefficient (Wildman–Crippen LogP) is 2.79. The van der Waals surface area contributed by atoms with Gasteiger partial charge in [-0.05, 0) is 37.6 Å². The average molecular weight is 251 g/mol. The quantitative estimate of drug-likeness (QED) is 0.387. The van der Waals surface area contributed by atoms with Crippen LogP contribution in [0, 0.1) is 6.92 Å². The van der Waals surface area contributed by atoms with Crippen LogP contribution in [0.2, 0.25) is 0 Å². The van der Waals surface area contributed by atoms with E-state index in [4.69, 9.17) is 5.73 Å². The normalized spacial score (nSPS) is 11.4. The Bertz CT molecular complexity index is 441. The van der Waals surface area contributed by atoms with Crippen LogP contribution in [-0.2, 0) is 9.53 Å². The smallest absolute Gasteiger partial charge is 0.333 e. The topological polar surface area (TPSA) is 52.3 Å². The minimum absolute atomic E-state index is 0.278. The van der Waals surface area contributed by atoms with Gasteiger partial charge in [0.05, 0.1) is 7.11 Å². The Hall–Kier alpha value is -1.42. The number of carbonyl (C=O) groups excluding carboxylic acids is 1. The van der Waals surface area contributed by atoms with Crippen molar-refractivity contribution in [2.45, 2.75) is 18.7 Å². The summed E-state index contributed by atoms with van der Waals surface area (Å²) in [7, 11) is 1.39. The molecule has 0 radical (unpaired) electrons. The zero-order valence-electron chi connectivity index (χ0n) is 10.3. The Labute approximate surface area is 106 Å². The van der Waals surface area contributed by atoms with Crippen LogP contribution in [0.5, 0.6) is 0 Å². The maximum absolute atomic E-state index is 11.1. The summed E-state index contributed by atoms with van der Waals surface area (Å²) in [6, 6.07) is 5.82. The first kappa shape index (κ1) is 13.6. The summed E-state index contributed by atoms with van der Waals surface area (Å²) in [6.07, 6.45) is 1.87. The third-order valence-corrected chi connectivity index (χ3v) is 3.44. The molecule has 1 aromatic rings. The summed E-state index contributed by atoms with van der Waals surface area (Å²) in [5.74, 6) is 0.464. The van der Waals surface area contributed by atoms with E-state index in [1.54, 1.807) is 18.7 Å². The number of methoxy groups -OCH3 is 1. The van der Waals surface area contributed by atoms with Crippen LogP contribution in [-0.4, -0.2) is 18.8 Å². The standard InChI is InChI=1S/C13H17NO2S/c1-9(13(15)16-3)6-7-17-12-5-4-11(14)8-10(12)2/h4-6,8H,7,14H2,1-3H3. The number of esters is 1. The lowest BCUT2D eigenvalue weighted by molar-refractivity contribution is -0.136. The summed E-state index contributed by atoms with van der Waals surface area (Å²) >= 11 is 1.67. The van der Waals surface area contributed by atoms with Gasteiger partial charge in [-0.2, -0.15) is 0 Å². The summed E-state index contributed by atoms with van der Waals surface area (Å²) < 4.78 is 4.62. The van der Waals surface area contributed by atoms with Crippen LogP contribution >= 0.6 is 11.8 Å². The number of benzene rings is 1. The molecule has 0 heterocycles. The molecule has 2 N–H and O–H groups in total. The highest BCUT2D eigenvalue weighted by atomic mass is 32.2. The van der Waals surface area contributed by atoms with E-state index in [-0.39, 0.29) is 5.97 Å². The first-order valence-corrected chi connectivity index (χ1v) is 6.27. The monoisotopic (exact) mass is 251 g/mol. The molecule has 0 aromatic heterocycles. The number of hydrogen-bond acceptors (Lipinski definition) is 4. The second kappa shape index (κ2) is 6.35. The second-order valence-corrected chi connectivity index (χ2v) is 4.78. The van der Waals surface area contributed by atoms with Crippen molar-refractivity contribution in [3.05, 3.63) is 35.4 Å². The molecule has 92 valence electrons. The van der Waals surface area contributed by atoms with Gasteiger partial charge in [-0.15, -0.1) is 11.8 Å². The van der Waals surface area contributed by atoms with E-state index < -0.39 is 0 Å². The molecule has 0 aliphatic carbocycles. The zero-order valence-corrected chi connectivity index (χ0v) is 11.1. The molecule has 0 saturated heterocycles. The molecule has 0 saturated carbocycles. The van der Waals surface area contributed by atoms with E-state index in [0.717, 1.165) is 17.0 Å². The Morgan fingerprint density at radius 2 is 2.24 bits per heavy atom. The highest BCUT2D eigenvalue weighted by molar-refractivity contribution is 7.99. The summed E-state index contributed by atoms with van der Waals surface area (Å²) in [5, 5.41) is 0. The summed E-state index contributed by atoms with van der Waals surface area (Å²) in [6.45, 7) is 3.78. The predicted molar refractivity (Wildman–Crippen MR) is 72.1 cm³/mol. The minimum Gasteiger partial charge on any atom is -0.466 e. The number of anilines is 1. The van der Waals surface area contributed by atoms with Crippen LogP contribution in [0.4, 0.5) is 5.69 Å². The fourth-order valence-electron chi connectivity index (χ4n) is 1.34. The SMILES string of the molecule is COC(=O)C(C)=CCSc1ccc(N)cc1C. The Morgan fingerprint density at radius 3 is 2.82 bits per heavy atom. The number of carbonyl (C=O) groups is 1. The van der Waals surface area contributed by atoms with Crippen molar-refractivity contribution < 1.29 is 9.53 Å². The number of hydrogen-bond donors (Lipinski definition) is 1. The van der Waals surface area contributed by atoms with Crippen molar-refractivity contribution in [3.8, 4) is 0 Å². The number of nitrogens with two attached hydrogens (primary N) is 1. The van der Waals surface area contributed by atoms with Crippen LogP contribution in [0.25, 0.3) is 0 Å². The lowest BCUT2D eigenvalue weighted by Gasteiger charge is -2.05. The molecule has 1 rings (SSSR count). The van der Waals surface area contributed by atoms with E-state index in [2.05, 4.69) is 4.74 Å². The van der Waals surface area contributed by atoms with Gasteiger partial charge in [-0.1, -0.05) is 6.08 Å². The van der Waals surface area contributed by atoms with E-state index in [1.807, 2.05) is 31.2 Å². The molecule has 0 atom stereocenters. The molecule has 4 heteroatoms.